The van der Waals surface area contributed by atoms with Crippen molar-refractivity contribution in [1.29, 1.82) is 0 Å². The standard InChI is InChI=1S/C20H26N4O3S/c1-21-20(25)16-7-9-18(10-8-16)28(26,27)23-15-19(17-6-5-11-22-14-17)24-12-3-2-4-13-24/h5-11,14,19,23H,2-4,12-13,15H2,1H3,(H,21,25). The first kappa shape index (κ1) is 20.4. The molecule has 1 saturated heterocycles. The number of amides is 1. The van der Waals surface area contributed by atoms with Crippen LogP contribution in [-0.4, -0.2) is 50.9 Å². The first-order valence-electron chi connectivity index (χ1n) is 9.47. The predicted molar refractivity (Wildman–Crippen MR) is 107 cm³/mol. The molecule has 150 valence electrons. The molecule has 28 heavy (non-hydrogen) atoms. The topological polar surface area (TPSA) is 91.4 Å². The molecule has 2 N–H and O–H groups in total. The number of nitrogens with zero attached hydrogens (tertiary/aromatic N) is 2. The number of hydrogen-bond acceptors (Lipinski definition) is 5. The molecule has 1 aromatic carbocycles. The molecule has 1 atom stereocenters. The molecule has 0 aliphatic carbocycles. The van der Waals surface area contributed by atoms with Crippen molar-refractivity contribution in [1.82, 2.24) is 19.9 Å². The second-order valence-electron chi connectivity index (χ2n) is 6.85. The lowest BCUT2D eigenvalue weighted by atomic mass is 10.0. The van der Waals surface area contributed by atoms with E-state index in [1.165, 1.54) is 37.7 Å². The highest BCUT2D eigenvalue weighted by atomic mass is 32.2. The van der Waals surface area contributed by atoms with E-state index in [4.69, 9.17) is 0 Å². The zero-order valence-corrected chi connectivity index (χ0v) is 16.8. The molecular formula is C20H26N4O3S. The fraction of sp³-hybridized carbons (Fsp3) is 0.400. The Hall–Kier alpha value is -2.29. The van der Waals surface area contributed by atoms with Gasteiger partial charge >= 0.3 is 0 Å². The van der Waals surface area contributed by atoms with Crippen molar-refractivity contribution < 1.29 is 13.2 Å². The van der Waals surface area contributed by atoms with E-state index in [9.17, 15) is 13.2 Å². The van der Waals surface area contributed by atoms with Gasteiger partial charge in [-0.05, 0) is 61.8 Å². The number of carbonyl (C=O) groups excluding carboxylic acids is 1. The van der Waals surface area contributed by atoms with E-state index in [1.807, 2.05) is 12.1 Å². The number of hydrogen-bond donors (Lipinski definition) is 2. The van der Waals surface area contributed by atoms with E-state index in [-0.39, 0.29) is 23.4 Å². The molecule has 0 radical (unpaired) electrons. The molecule has 0 bridgehead atoms. The van der Waals surface area contributed by atoms with Crippen molar-refractivity contribution in [3.63, 3.8) is 0 Å². The van der Waals surface area contributed by atoms with Crippen molar-refractivity contribution >= 4 is 15.9 Å². The van der Waals surface area contributed by atoms with Gasteiger partial charge in [-0.15, -0.1) is 0 Å². The number of piperidine rings is 1. The Morgan fingerprint density at radius 1 is 1.14 bits per heavy atom. The number of sulfonamides is 1. The van der Waals surface area contributed by atoms with Gasteiger partial charge in [0.05, 0.1) is 4.90 Å². The number of aromatic nitrogens is 1. The van der Waals surface area contributed by atoms with Crippen LogP contribution in [0.4, 0.5) is 0 Å². The Labute approximate surface area is 166 Å². The van der Waals surface area contributed by atoms with Gasteiger partial charge in [0.15, 0.2) is 0 Å². The van der Waals surface area contributed by atoms with Crippen LogP contribution >= 0.6 is 0 Å². The van der Waals surface area contributed by atoms with Gasteiger partial charge in [0.1, 0.15) is 0 Å². The third-order valence-electron chi connectivity index (χ3n) is 5.02. The van der Waals surface area contributed by atoms with Gasteiger partial charge in [0.2, 0.25) is 10.0 Å². The van der Waals surface area contributed by atoms with Crippen LogP contribution in [-0.2, 0) is 10.0 Å². The Morgan fingerprint density at radius 2 is 1.86 bits per heavy atom. The van der Waals surface area contributed by atoms with E-state index in [1.54, 1.807) is 12.4 Å². The number of benzene rings is 1. The first-order valence-corrected chi connectivity index (χ1v) is 11.0. The highest BCUT2D eigenvalue weighted by molar-refractivity contribution is 7.89. The first-order chi connectivity index (χ1) is 13.5. The van der Waals surface area contributed by atoms with E-state index in [0.29, 0.717) is 5.56 Å². The summed E-state index contributed by atoms with van der Waals surface area (Å²) >= 11 is 0. The van der Waals surface area contributed by atoms with Gasteiger partial charge in [-0.1, -0.05) is 12.5 Å². The highest BCUT2D eigenvalue weighted by Crippen LogP contribution is 2.24. The van der Waals surface area contributed by atoms with Crippen molar-refractivity contribution in [3.05, 3.63) is 59.9 Å². The molecule has 2 heterocycles. The van der Waals surface area contributed by atoms with E-state index in [2.05, 4.69) is 19.9 Å². The average Bonchev–Trinajstić information content (AvgIpc) is 2.75. The van der Waals surface area contributed by atoms with Gasteiger partial charge in [0.25, 0.3) is 5.91 Å². The lowest BCUT2D eigenvalue weighted by Crippen LogP contribution is -2.40. The van der Waals surface area contributed by atoms with Crippen LogP contribution in [0.2, 0.25) is 0 Å². The summed E-state index contributed by atoms with van der Waals surface area (Å²) in [6.45, 7) is 2.16. The quantitative estimate of drug-likeness (QED) is 0.739. The van der Waals surface area contributed by atoms with Crippen molar-refractivity contribution in [2.45, 2.75) is 30.2 Å². The van der Waals surface area contributed by atoms with Crippen molar-refractivity contribution in [3.8, 4) is 0 Å². The molecule has 1 aliphatic heterocycles. The second-order valence-corrected chi connectivity index (χ2v) is 8.62. The maximum Gasteiger partial charge on any atom is 0.251 e. The minimum absolute atomic E-state index is 0.0612. The summed E-state index contributed by atoms with van der Waals surface area (Å²) < 4.78 is 28.2. The molecule has 3 rings (SSSR count). The summed E-state index contributed by atoms with van der Waals surface area (Å²) in [4.78, 5) is 18.3. The normalized spacial score (nSPS) is 16.5. The lowest BCUT2D eigenvalue weighted by molar-refractivity contribution is 0.0963. The maximum absolute atomic E-state index is 12.8. The highest BCUT2D eigenvalue weighted by Gasteiger charge is 2.25. The molecule has 1 unspecified atom stereocenters. The van der Waals surface area contributed by atoms with Gasteiger partial charge in [-0.2, -0.15) is 0 Å². The number of nitrogens with one attached hydrogen (secondary N) is 2. The second kappa shape index (κ2) is 9.27. The van der Waals surface area contributed by atoms with Crippen LogP contribution in [0.5, 0.6) is 0 Å². The summed E-state index contributed by atoms with van der Waals surface area (Å²) in [7, 11) is -2.14. The van der Waals surface area contributed by atoms with Crippen molar-refractivity contribution in [2.75, 3.05) is 26.7 Å². The van der Waals surface area contributed by atoms with Crippen molar-refractivity contribution in [2.24, 2.45) is 0 Å². The third kappa shape index (κ3) is 4.95. The Balaban J connectivity index is 1.75. The molecule has 0 saturated carbocycles. The van der Waals surface area contributed by atoms with Crippen LogP contribution in [0.25, 0.3) is 0 Å². The molecule has 0 spiro atoms. The number of pyridine rings is 1. The Morgan fingerprint density at radius 3 is 2.46 bits per heavy atom. The summed E-state index contributed by atoms with van der Waals surface area (Å²) in [5.74, 6) is -0.251. The van der Waals surface area contributed by atoms with Crippen LogP contribution in [0.1, 0.15) is 41.2 Å². The molecule has 1 fully saturated rings. The predicted octanol–water partition coefficient (Wildman–Crippen LogP) is 1.95. The third-order valence-corrected chi connectivity index (χ3v) is 6.46. The Kier molecular flexibility index (Phi) is 6.77. The van der Waals surface area contributed by atoms with Crippen LogP contribution in [0.15, 0.2) is 53.7 Å². The van der Waals surface area contributed by atoms with Gasteiger partial charge in [0, 0.05) is 37.6 Å². The van der Waals surface area contributed by atoms with Gasteiger partial charge in [-0.25, -0.2) is 13.1 Å². The smallest absolute Gasteiger partial charge is 0.251 e. The molecule has 2 aromatic rings. The van der Waals surface area contributed by atoms with Gasteiger partial charge < -0.3 is 5.32 Å². The van der Waals surface area contributed by atoms with E-state index >= 15 is 0 Å². The monoisotopic (exact) mass is 402 g/mol. The summed E-state index contributed by atoms with van der Waals surface area (Å²) in [6.07, 6.45) is 6.95. The molecule has 8 heteroatoms. The van der Waals surface area contributed by atoms with Crippen LogP contribution < -0.4 is 10.0 Å². The van der Waals surface area contributed by atoms with E-state index < -0.39 is 10.0 Å². The SMILES string of the molecule is CNC(=O)c1ccc(S(=O)(=O)NCC(c2cccnc2)N2CCCCC2)cc1. The molecule has 1 amide bonds. The average molecular weight is 403 g/mol. The zero-order valence-electron chi connectivity index (χ0n) is 16.0. The maximum atomic E-state index is 12.8. The fourth-order valence-electron chi connectivity index (χ4n) is 3.46. The van der Waals surface area contributed by atoms with Crippen LogP contribution in [0, 0.1) is 0 Å². The van der Waals surface area contributed by atoms with Gasteiger partial charge in [-0.3, -0.25) is 14.7 Å². The fourth-order valence-corrected chi connectivity index (χ4v) is 4.50. The Bertz CT molecular complexity index is 879. The molecule has 1 aliphatic rings. The number of rotatable bonds is 7. The minimum Gasteiger partial charge on any atom is -0.355 e. The largest absolute Gasteiger partial charge is 0.355 e. The molecule has 1 aromatic heterocycles. The minimum atomic E-state index is -3.68. The van der Waals surface area contributed by atoms with E-state index in [0.717, 1.165) is 31.5 Å². The van der Waals surface area contributed by atoms with Crippen LogP contribution in [0.3, 0.4) is 0 Å². The molecule has 7 nitrogen and oxygen atoms in total. The molecular weight excluding hydrogens is 376 g/mol. The number of carbonyl (C=O) groups is 1. The zero-order chi connectivity index (χ0) is 20.0. The summed E-state index contributed by atoms with van der Waals surface area (Å²) in [6, 6.07) is 9.72. The summed E-state index contributed by atoms with van der Waals surface area (Å²) in [5.41, 5.74) is 1.42. The lowest BCUT2D eigenvalue weighted by Gasteiger charge is -2.34. The summed E-state index contributed by atoms with van der Waals surface area (Å²) in [5, 5.41) is 2.52. The number of likely N-dealkylation sites (tertiary alicyclic amines) is 1.